The number of esters is 2. The van der Waals surface area contributed by atoms with Gasteiger partial charge in [-0.25, -0.2) is 9.78 Å². The summed E-state index contributed by atoms with van der Waals surface area (Å²) in [5, 5.41) is 2.54. The second-order valence-electron chi connectivity index (χ2n) is 7.77. The van der Waals surface area contributed by atoms with Crippen molar-refractivity contribution < 1.29 is 28.6 Å². The third kappa shape index (κ3) is 6.06. The van der Waals surface area contributed by atoms with Crippen LogP contribution in [-0.4, -0.2) is 42.1 Å². The van der Waals surface area contributed by atoms with Crippen molar-refractivity contribution in [2.45, 2.75) is 59.6 Å². The quantitative estimate of drug-likeness (QED) is 0.624. The summed E-state index contributed by atoms with van der Waals surface area (Å²) < 4.78 is 15.8. The van der Waals surface area contributed by atoms with E-state index >= 15 is 0 Å². The molecule has 8 nitrogen and oxygen atoms in total. The van der Waals surface area contributed by atoms with Gasteiger partial charge in [-0.2, -0.15) is 0 Å². The molecule has 0 spiro atoms. The average molecular weight is 443 g/mol. The number of nitrogens with one attached hydrogen (secondary N) is 1. The topological polar surface area (TPSA) is 104 Å². The van der Waals surface area contributed by atoms with E-state index in [2.05, 4.69) is 16.4 Å². The van der Waals surface area contributed by atoms with Gasteiger partial charge in [-0.15, -0.1) is 0 Å². The van der Waals surface area contributed by atoms with Gasteiger partial charge in [-0.05, 0) is 38.8 Å². The first-order valence-corrected chi connectivity index (χ1v) is 10.3. The first-order chi connectivity index (χ1) is 15.0. The van der Waals surface area contributed by atoms with Crippen molar-refractivity contribution in [1.29, 1.82) is 0 Å². The molecule has 2 rings (SSSR count). The minimum absolute atomic E-state index is 0.0296. The zero-order chi connectivity index (χ0) is 24.0. The highest BCUT2D eigenvalue weighted by Crippen LogP contribution is 2.30. The summed E-state index contributed by atoms with van der Waals surface area (Å²) in [6, 6.07) is 6.66. The van der Waals surface area contributed by atoms with Crippen LogP contribution < -0.4 is 14.8 Å². The van der Waals surface area contributed by atoms with Gasteiger partial charge in [-0.3, -0.25) is 9.59 Å². The minimum Gasteiger partial charge on any atom is -0.493 e. The van der Waals surface area contributed by atoms with E-state index < -0.39 is 30.0 Å². The number of aromatic nitrogens is 1. The summed E-state index contributed by atoms with van der Waals surface area (Å²) in [6.07, 6.45) is 0.937. The first-order valence-electron chi connectivity index (χ1n) is 10.3. The first kappa shape index (κ1) is 24.8. The smallest absolute Gasteiger partial charge is 0.328 e. The fourth-order valence-electron chi connectivity index (χ4n) is 3.30. The average Bonchev–Trinajstić information content (AvgIpc) is 2.72. The van der Waals surface area contributed by atoms with E-state index in [4.69, 9.17) is 14.2 Å². The molecule has 0 fully saturated rings. The van der Waals surface area contributed by atoms with Crippen LogP contribution in [0.2, 0.25) is 0 Å². The highest BCUT2D eigenvalue weighted by molar-refractivity contribution is 5.98. The van der Waals surface area contributed by atoms with E-state index in [-0.39, 0.29) is 23.1 Å². The molecule has 0 saturated carbocycles. The van der Waals surface area contributed by atoms with Gasteiger partial charge >= 0.3 is 11.9 Å². The maximum Gasteiger partial charge on any atom is 0.328 e. The standard InChI is InChI=1S/C24H30N2O6/c1-13-8-9-19(14(2)12-13)15(3)17(5)31-24(29)16(4)26-23(28)21-22(32-18(6)27)20(30-7)10-11-25-21/h8-12,15-17H,1-7H3,(H,26,28). The minimum atomic E-state index is -0.950. The van der Waals surface area contributed by atoms with Gasteiger partial charge in [0, 0.05) is 25.1 Å². The monoisotopic (exact) mass is 442 g/mol. The van der Waals surface area contributed by atoms with Crippen LogP contribution in [0.1, 0.15) is 60.8 Å². The zero-order valence-electron chi connectivity index (χ0n) is 19.5. The number of benzene rings is 1. The van der Waals surface area contributed by atoms with Gasteiger partial charge in [0.1, 0.15) is 12.1 Å². The molecule has 3 atom stereocenters. The van der Waals surface area contributed by atoms with Crippen LogP contribution in [0, 0.1) is 13.8 Å². The summed E-state index contributed by atoms with van der Waals surface area (Å²) in [4.78, 5) is 40.7. The lowest BCUT2D eigenvalue weighted by Gasteiger charge is -2.24. The number of ether oxygens (including phenoxy) is 3. The fraction of sp³-hybridized carbons (Fsp3) is 0.417. The Morgan fingerprint density at radius 2 is 1.75 bits per heavy atom. The molecule has 0 bridgehead atoms. The third-order valence-corrected chi connectivity index (χ3v) is 5.17. The van der Waals surface area contributed by atoms with Crippen molar-refractivity contribution in [3.8, 4) is 11.5 Å². The van der Waals surface area contributed by atoms with E-state index in [0.29, 0.717) is 0 Å². The third-order valence-electron chi connectivity index (χ3n) is 5.17. The van der Waals surface area contributed by atoms with Crippen molar-refractivity contribution in [3.05, 3.63) is 52.8 Å². The van der Waals surface area contributed by atoms with E-state index in [1.165, 1.54) is 38.8 Å². The molecule has 2 aromatic rings. The second kappa shape index (κ2) is 10.7. The van der Waals surface area contributed by atoms with Gasteiger partial charge < -0.3 is 19.5 Å². The molecular weight excluding hydrogens is 412 g/mol. The summed E-state index contributed by atoms with van der Waals surface area (Å²) in [5.74, 6) is -1.88. The summed E-state index contributed by atoms with van der Waals surface area (Å²) in [7, 11) is 1.38. The largest absolute Gasteiger partial charge is 0.493 e. The van der Waals surface area contributed by atoms with Crippen molar-refractivity contribution in [1.82, 2.24) is 10.3 Å². The molecule has 1 heterocycles. The van der Waals surface area contributed by atoms with Crippen molar-refractivity contribution in [3.63, 3.8) is 0 Å². The number of methoxy groups -OCH3 is 1. The number of nitrogens with zero attached hydrogens (tertiary/aromatic N) is 1. The number of carbonyl (C=O) groups is 3. The molecule has 0 aliphatic heterocycles. The molecule has 8 heteroatoms. The molecule has 0 aliphatic carbocycles. The molecule has 1 amide bonds. The Morgan fingerprint density at radius 1 is 1.06 bits per heavy atom. The highest BCUT2D eigenvalue weighted by Gasteiger charge is 2.27. The summed E-state index contributed by atoms with van der Waals surface area (Å²) in [5.41, 5.74) is 3.22. The summed E-state index contributed by atoms with van der Waals surface area (Å²) in [6.45, 7) is 10.6. The van der Waals surface area contributed by atoms with Crippen LogP contribution >= 0.6 is 0 Å². The van der Waals surface area contributed by atoms with Crippen LogP contribution in [0.4, 0.5) is 0 Å². The molecule has 1 aromatic heterocycles. The molecule has 1 N–H and O–H groups in total. The predicted octanol–water partition coefficient (Wildman–Crippen LogP) is 3.49. The molecule has 32 heavy (non-hydrogen) atoms. The molecule has 3 unspecified atom stereocenters. The number of amides is 1. The molecule has 0 radical (unpaired) electrons. The van der Waals surface area contributed by atoms with Gasteiger partial charge in [-0.1, -0.05) is 30.7 Å². The van der Waals surface area contributed by atoms with Gasteiger partial charge in [0.15, 0.2) is 11.4 Å². The summed E-state index contributed by atoms with van der Waals surface area (Å²) >= 11 is 0. The van der Waals surface area contributed by atoms with Crippen LogP contribution in [0.3, 0.4) is 0 Å². The molecular formula is C24H30N2O6. The lowest BCUT2D eigenvalue weighted by molar-refractivity contribution is -0.151. The molecule has 0 aliphatic rings. The van der Waals surface area contributed by atoms with Crippen LogP contribution in [0.25, 0.3) is 0 Å². The molecule has 1 aromatic carbocycles. The SMILES string of the molecule is COc1ccnc(C(=O)NC(C)C(=O)OC(C)C(C)c2ccc(C)cc2C)c1OC(C)=O. The maximum absolute atomic E-state index is 12.7. The Labute approximate surface area is 188 Å². The number of rotatable bonds is 8. The van der Waals surface area contributed by atoms with Gasteiger partial charge in [0.2, 0.25) is 5.75 Å². The number of hydrogen-bond donors (Lipinski definition) is 1. The normalized spacial score (nSPS) is 13.5. The van der Waals surface area contributed by atoms with Crippen molar-refractivity contribution in [2.24, 2.45) is 0 Å². The second-order valence-corrected chi connectivity index (χ2v) is 7.77. The van der Waals surface area contributed by atoms with Gasteiger partial charge in [0.05, 0.1) is 7.11 Å². The Hall–Kier alpha value is -3.42. The number of hydrogen-bond acceptors (Lipinski definition) is 7. The lowest BCUT2D eigenvalue weighted by atomic mass is 9.91. The number of aryl methyl sites for hydroxylation is 2. The van der Waals surface area contributed by atoms with E-state index in [1.807, 2.05) is 39.8 Å². The van der Waals surface area contributed by atoms with E-state index in [0.717, 1.165) is 11.1 Å². The Kier molecular flexibility index (Phi) is 8.34. The highest BCUT2D eigenvalue weighted by atomic mass is 16.6. The van der Waals surface area contributed by atoms with Gasteiger partial charge in [0.25, 0.3) is 5.91 Å². The Balaban J connectivity index is 2.09. The Morgan fingerprint density at radius 3 is 2.34 bits per heavy atom. The van der Waals surface area contributed by atoms with E-state index in [1.54, 1.807) is 0 Å². The zero-order valence-corrected chi connectivity index (χ0v) is 19.5. The number of carbonyl (C=O) groups excluding carboxylic acids is 3. The van der Waals surface area contributed by atoms with Crippen molar-refractivity contribution in [2.75, 3.05) is 7.11 Å². The predicted molar refractivity (Wildman–Crippen MR) is 119 cm³/mol. The van der Waals surface area contributed by atoms with Crippen molar-refractivity contribution >= 4 is 17.8 Å². The molecule has 0 saturated heterocycles. The lowest BCUT2D eigenvalue weighted by Crippen LogP contribution is -2.41. The van der Waals surface area contributed by atoms with Crippen LogP contribution in [0.15, 0.2) is 30.5 Å². The van der Waals surface area contributed by atoms with Crippen LogP contribution in [-0.2, 0) is 14.3 Å². The fourth-order valence-corrected chi connectivity index (χ4v) is 3.30. The maximum atomic E-state index is 12.7. The van der Waals surface area contributed by atoms with E-state index in [9.17, 15) is 14.4 Å². The molecule has 172 valence electrons. The van der Waals surface area contributed by atoms with Crippen LogP contribution in [0.5, 0.6) is 11.5 Å². The Bertz CT molecular complexity index is 1000. The number of pyridine rings is 1.